The van der Waals surface area contributed by atoms with Gasteiger partial charge in [-0.15, -0.1) is 10.2 Å². The summed E-state index contributed by atoms with van der Waals surface area (Å²) in [5.41, 5.74) is -5.46. The van der Waals surface area contributed by atoms with E-state index in [-0.39, 0.29) is 23.5 Å². The standard InChI is InChI=1S/C10H3F6N5O4S/c11-9(12,13)3-1-4(20(22)23)6(5(2-3)21(24)25)17-8-19-18-7(26-8)10(14,15)16/h1-2H,(H,17,19). The fourth-order valence-electron chi connectivity index (χ4n) is 1.69. The van der Waals surface area contributed by atoms with Crippen molar-refractivity contribution >= 4 is 33.5 Å². The summed E-state index contributed by atoms with van der Waals surface area (Å²) < 4.78 is 75.7. The number of anilines is 2. The van der Waals surface area contributed by atoms with Crippen molar-refractivity contribution in [2.75, 3.05) is 5.32 Å². The number of nitro benzene ring substituents is 2. The molecule has 0 saturated heterocycles. The first-order valence-electron chi connectivity index (χ1n) is 6.02. The van der Waals surface area contributed by atoms with Crippen LogP contribution < -0.4 is 5.32 Å². The van der Waals surface area contributed by atoms with Gasteiger partial charge in [-0.1, -0.05) is 11.3 Å². The molecule has 0 spiro atoms. The van der Waals surface area contributed by atoms with E-state index in [1.807, 2.05) is 5.32 Å². The van der Waals surface area contributed by atoms with Gasteiger partial charge in [-0.2, -0.15) is 26.3 Å². The third-order valence-corrected chi connectivity index (χ3v) is 3.60. The van der Waals surface area contributed by atoms with Gasteiger partial charge < -0.3 is 5.32 Å². The van der Waals surface area contributed by atoms with Crippen molar-refractivity contribution in [1.82, 2.24) is 10.2 Å². The second-order valence-electron chi connectivity index (χ2n) is 4.44. The first kappa shape index (κ1) is 19.3. The monoisotopic (exact) mass is 403 g/mol. The summed E-state index contributed by atoms with van der Waals surface area (Å²) in [6.45, 7) is 0. The second-order valence-corrected chi connectivity index (χ2v) is 5.41. The number of hydrogen-bond donors (Lipinski definition) is 1. The largest absolute Gasteiger partial charge is 0.445 e. The van der Waals surface area contributed by atoms with Gasteiger partial charge in [0, 0.05) is 12.1 Å². The molecule has 1 N–H and O–H groups in total. The summed E-state index contributed by atoms with van der Waals surface area (Å²) in [4.78, 5) is 19.3. The molecule has 1 aromatic carbocycles. The number of benzene rings is 1. The third-order valence-electron chi connectivity index (χ3n) is 2.72. The zero-order valence-electron chi connectivity index (χ0n) is 11.8. The molecule has 2 aromatic rings. The summed E-state index contributed by atoms with van der Waals surface area (Å²) in [6, 6.07) is 0.0298. The van der Waals surface area contributed by atoms with E-state index in [1.165, 1.54) is 0 Å². The Hall–Kier alpha value is -3.04. The molecule has 26 heavy (non-hydrogen) atoms. The number of halogens is 6. The van der Waals surface area contributed by atoms with E-state index in [0.717, 1.165) is 0 Å². The lowest BCUT2D eigenvalue weighted by molar-refractivity contribution is -0.392. The van der Waals surface area contributed by atoms with E-state index in [1.54, 1.807) is 0 Å². The number of nitrogens with zero attached hydrogens (tertiary/aromatic N) is 4. The molecule has 0 atom stereocenters. The van der Waals surface area contributed by atoms with Crippen molar-refractivity contribution < 1.29 is 36.2 Å². The molecule has 0 radical (unpaired) electrons. The number of hydrogen-bond acceptors (Lipinski definition) is 8. The first-order valence-corrected chi connectivity index (χ1v) is 6.84. The minimum Gasteiger partial charge on any atom is -0.319 e. The molecule has 0 aliphatic rings. The van der Waals surface area contributed by atoms with Gasteiger partial charge in [0.15, 0.2) is 5.69 Å². The molecular formula is C10H3F6N5O4S. The van der Waals surface area contributed by atoms with Crippen LogP contribution in [0.1, 0.15) is 10.6 Å². The van der Waals surface area contributed by atoms with E-state index in [9.17, 15) is 46.6 Å². The molecule has 1 heterocycles. The minimum absolute atomic E-state index is 0.0149. The summed E-state index contributed by atoms with van der Waals surface area (Å²) in [6.07, 6.45) is -10.0. The summed E-state index contributed by atoms with van der Waals surface area (Å²) in [7, 11) is 0. The van der Waals surface area contributed by atoms with Crippen LogP contribution in [-0.2, 0) is 12.4 Å². The number of nitrogens with one attached hydrogen (secondary N) is 1. The normalized spacial score (nSPS) is 12.1. The maximum atomic E-state index is 12.8. The van der Waals surface area contributed by atoms with E-state index < -0.39 is 55.0 Å². The van der Waals surface area contributed by atoms with Crippen molar-refractivity contribution in [1.29, 1.82) is 0 Å². The molecule has 0 aliphatic carbocycles. The number of alkyl halides is 6. The molecule has 0 saturated carbocycles. The van der Waals surface area contributed by atoms with Crippen LogP contribution in [0.15, 0.2) is 12.1 Å². The number of nitro groups is 2. The lowest BCUT2D eigenvalue weighted by atomic mass is 10.1. The van der Waals surface area contributed by atoms with Gasteiger partial charge >= 0.3 is 12.4 Å². The van der Waals surface area contributed by atoms with E-state index in [0.29, 0.717) is 0 Å². The van der Waals surface area contributed by atoms with Crippen LogP contribution in [0.4, 0.5) is 48.5 Å². The Balaban J connectivity index is 2.61. The molecule has 0 aliphatic heterocycles. The summed E-state index contributed by atoms with van der Waals surface area (Å²) in [5, 5.41) is 27.4. The van der Waals surface area contributed by atoms with E-state index in [2.05, 4.69) is 10.2 Å². The Labute approximate surface area is 141 Å². The van der Waals surface area contributed by atoms with Crippen LogP contribution in [0.3, 0.4) is 0 Å². The van der Waals surface area contributed by atoms with Gasteiger partial charge in [-0.3, -0.25) is 20.2 Å². The quantitative estimate of drug-likeness (QED) is 0.462. The molecule has 140 valence electrons. The highest BCUT2D eigenvalue weighted by Gasteiger charge is 2.39. The van der Waals surface area contributed by atoms with Crippen molar-refractivity contribution in [3.63, 3.8) is 0 Å². The lowest BCUT2D eigenvalue weighted by Crippen LogP contribution is -2.09. The van der Waals surface area contributed by atoms with Crippen LogP contribution >= 0.6 is 11.3 Å². The molecule has 16 heteroatoms. The Bertz CT molecular complexity index is 845. The fraction of sp³-hybridized carbons (Fsp3) is 0.200. The zero-order valence-corrected chi connectivity index (χ0v) is 12.6. The van der Waals surface area contributed by atoms with Gasteiger partial charge in [0.05, 0.1) is 15.4 Å². The van der Waals surface area contributed by atoms with Crippen molar-refractivity contribution in [2.45, 2.75) is 12.4 Å². The molecule has 0 bridgehead atoms. The summed E-state index contributed by atoms with van der Waals surface area (Å²) in [5.74, 6) is 0. The SMILES string of the molecule is O=[N+]([O-])c1cc(C(F)(F)F)cc([N+](=O)[O-])c1Nc1nnc(C(F)(F)F)s1. The van der Waals surface area contributed by atoms with E-state index >= 15 is 0 Å². The van der Waals surface area contributed by atoms with Crippen LogP contribution in [0.5, 0.6) is 0 Å². The van der Waals surface area contributed by atoms with Gasteiger partial charge in [-0.25, -0.2) is 0 Å². The highest BCUT2D eigenvalue weighted by atomic mass is 32.1. The molecule has 0 amide bonds. The van der Waals surface area contributed by atoms with Crippen molar-refractivity contribution in [3.05, 3.63) is 42.9 Å². The average molecular weight is 403 g/mol. The topological polar surface area (TPSA) is 124 Å². The zero-order chi connectivity index (χ0) is 19.9. The van der Waals surface area contributed by atoms with Gasteiger partial charge in [0.2, 0.25) is 10.1 Å². The Kier molecular flexibility index (Phi) is 4.71. The fourth-order valence-corrected chi connectivity index (χ4v) is 2.30. The average Bonchev–Trinajstić information content (AvgIpc) is 2.94. The van der Waals surface area contributed by atoms with Gasteiger partial charge in [0.1, 0.15) is 0 Å². The van der Waals surface area contributed by atoms with Crippen LogP contribution in [0.2, 0.25) is 0 Å². The highest BCUT2D eigenvalue weighted by molar-refractivity contribution is 7.15. The molecule has 1 aromatic heterocycles. The van der Waals surface area contributed by atoms with Crippen LogP contribution in [0, 0.1) is 20.2 Å². The molecule has 0 fully saturated rings. The Morgan fingerprint density at radius 2 is 1.42 bits per heavy atom. The van der Waals surface area contributed by atoms with Crippen LogP contribution in [-0.4, -0.2) is 20.0 Å². The summed E-state index contributed by atoms with van der Waals surface area (Å²) >= 11 is -0.141. The Morgan fingerprint density at radius 3 is 1.77 bits per heavy atom. The maximum absolute atomic E-state index is 12.8. The second kappa shape index (κ2) is 6.36. The molecule has 0 unspecified atom stereocenters. The Morgan fingerprint density at radius 1 is 0.923 bits per heavy atom. The highest BCUT2D eigenvalue weighted by Crippen LogP contribution is 2.43. The van der Waals surface area contributed by atoms with Gasteiger partial charge in [-0.05, 0) is 0 Å². The van der Waals surface area contributed by atoms with Crippen LogP contribution in [0.25, 0.3) is 0 Å². The maximum Gasteiger partial charge on any atom is 0.445 e. The molecule has 2 rings (SSSR count). The predicted octanol–water partition coefficient (Wildman–Crippen LogP) is 4.14. The predicted molar refractivity (Wildman–Crippen MR) is 72.9 cm³/mol. The first-order chi connectivity index (χ1) is 11.8. The number of aromatic nitrogens is 2. The number of rotatable bonds is 4. The van der Waals surface area contributed by atoms with Crippen molar-refractivity contribution in [2.24, 2.45) is 0 Å². The lowest BCUT2D eigenvalue weighted by Gasteiger charge is -2.10. The third kappa shape index (κ3) is 3.95. The smallest absolute Gasteiger partial charge is 0.319 e. The minimum atomic E-state index is -5.12. The van der Waals surface area contributed by atoms with E-state index in [4.69, 9.17) is 0 Å². The molecule has 9 nitrogen and oxygen atoms in total. The van der Waals surface area contributed by atoms with Gasteiger partial charge in [0.25, 0.3) is 11.4 Å². The van der Waals surface area contributed by atoms with Crippen molar-refractivity contribution in [3.8, 4) is 0 Å². The molecular weight excluding hydrogens is 400 g/mol.